The number of aliphatic imine (C=N–C) groups is 1. The first kappa shape index (κ1) is 25.9. The van der Waals surface area contributed by atoms with Gasteiger partial charge in [-0.3, -0.25) is 4.90 Å². The van der Waals surface area contributed by atoms with E-state index in [1.54, 1.807) is 12.1 Å². The van der Waals surface area contributed by atoms with Crippen molar-refractivity contribution in [2.75, 3.05) is 26.7 Å². The minimum absolute atomic E-state index is 0. The van der Waals surface area contributed by atoms with Crippen LogP contribution in [0.5, 0.6) is 5.75 Å². The van der Waals surface area contributed by atoms with E-state index in [2.05, 4.69) is 28.5 Å². The van der Waals surface area contributed by atoms with Crippen LogP contribution in [0, 0.1) is 17.1 Å². The molecule has 2 aromatic rings. The number of piperidine rings is 1. The molecule has 0 amide bonds. The minimum Gasteiger partial charge on any atom is -0.494 e. The van der Waals surface area contributed by atoms with Gasteiger partial charge in [-0.05, 0) is 55.2 Å². The van der Waals surface area contributed by atoms with E-state index >= 15 is 0 Å². The quantitative estimate of drug-likeness (QED) is 0.309. The zero-order chi connectivity index (χ0) is 22.1. The molecule has 3 rings (SSSR count). The number of hydrogen-bond donors (Lipinski definition) is 2. The standard InChI is InChI=1S/C24H30FN5O.HI/c1-3-27-24(28-16-19-6-4-18(15-26)5-7-19)29-21-10-12-30(13-11-21)17-20-8-9-23(31-2)22(25)14-20;/h4-9,14,21H,3,10-13,16-17H2,1-2H3,(H2,27,28,29);1H. The number of rotatable bonds is 7. The van der Waals surface area contributed by atoms with E-state index in [1.165, 1.54) is 7.11 Å². The van der Waals surface area contributed by atoms with Gasteiger partial charge in [-0.2, -0.15) is 5.26 Å². The van der Waals surface area contributed by atoms with Gasteiger partial charge in [-0.1, -0.05) is 18.2 Å². The maximum Gasteiger partial charge on any atom is 0.191 e. The second-order valence-electron chi connectivity index (χ2n) is 7.67. The van der Waals surface area contributed by atoms with E-state index in [4.69, 9.17) is 15.0 Å². The summed E-state index contributed by atoms with van der Waals surface area (Å²) in [5.41, 5.74) is 2.68. The van der Waals surface area contributed by atoms with Crippen LogP contribution < -0.4 is 15.4 Å². The van der Waals surface area contributed by atoms with Crippen molar-refractivity contribution < 1.29 is 9.13 Å². The fraction of sp³-hybridized carbons (Fsp3) is 0.417. The van der Waals surface area contributed by atoms with Crippen molar-refractivity contribution in [3.63, 3.8) is 0 Å². The summed E-state index contributed by atoms with van der Waals surface area (Å²) >= 11 is 0. The lowest BCUT2D eigenvalue weighted by Gasteiger charge is -2.33. The Labute approximate surface area is 206 Å². The maximum atomic E-state index is 13.9. The number of benzene rings is 2. The second kappa shape index (κ2) is 13.2. The summed E-state index contributed by atoms with van der Waals surface area (Å²) < 4.78 is 18.9. The molecule has 32 heavy (non-hydrogen) atoms. The molecule has 0 atom stereocenters. The number of halogens is 2. The summed E-state index contributed by atoms with van der Waals surface area (Å²) in [4.78, 5) is 7.04. The smallest absolute Gasteiger partial charge is 0.191 e. The number of nitrogens with zero attached hydrogens (tertiary/aromatic N) is 3. The van der Waals surface area contributed by atoms with Gasteiger partial charge in [-0.25, -0.2) is 9.38 Å². The van der Waals surface area contributed by atoms with Gasteiger partial charge in [0.2, 0.25) is 0 Å². The Bertz CT molecular complexity index is 921. The van der Waals surface area contributed by atoms with Crippen molar-refractivity contribution in [1.29, 1.82) is 5.26 Å². The van der Waals surface area contributed by atoms with Gasteiger partial charge >= 0.3 is 0 Å². The van der Waals surface area contributed by atoms with Crippen molar-refractivity contribution in [2.45, 2.75) is 38.9 Å². The third-order valence-corrected chi connectivity index (χ3v) is 5.40. The van der Waals surface area contributed by atoms with Gasteiger partial charge < -0.3 is 15.4 Å². The molecule has 8 heteroatoms. The predicted octanol–water partition coefficient (Wildman–Crippen LogP) is 4.04. The number of likely N-dealkylation sites (tertiary alicyclic amines) is 1. The summed E-state index contributed by atoms with van der Waals surface area (Å²) in [6.07, 6.45) is 2.00. The molecule has 1 saturated heterocycles. The molecule has 1 fully saturated rings. The first-order chi connectivity index (χ1) is 15.1. The maximum absolute atomic E-state index is 13.9. The van der Waals surface area contributed by atoms with Crippen LogP contribution in [0.3, 0.4) is 0 Å². The van der Waals surface area contributed by atoms with E-state index in [9.17, 15) is 4.39 Å². The van der Waals surface area contributed by atoms with E-state index in [-0.39, 0.29) is 35.5 Å². The van der Waals surface area contributed by atoms with Gasteiger partial charge in [0.1, 0.15) is 0 Å². The predicted molar refractivity (Wildman–Crippen MR) is 136 cm³/mol. The van der Waals surface area contributed by atoms with Gasteiger partial charge in [0, 0.05) is 32.2 Å². The summed E-state index contributed by atoms with van der Waals surface area (Å²) in [5.74, 6) is 0.774. The van der Waals surface area contributed by atoms with Crippen molar-refractivity contribution in [1.82, 2.24) is 15.5 Å². The van der Waals surface area contributed by atoms with Crippen molar-refractivity contribution >= 4 is 29.9 Å². The van der Waals surface area contributed by atoms with Gasteiger partial charge in [0.25, 0.3) is 0 Å². The Morgan fingerprint density at radius 2 is 1.88 bits per heavy atom. The SMILES string of the molecule is CCNC(=NCc1ccc(C#N)cc1)NC1CCN(Cc2ccc(OC)c(F)c2)CC1.I. The highest BCUT2D eigenvalue weighted by atomic mass is 127. The average molecular weight is 551 g/mol. The van der Waals surface area contributed by atoms with Crippen molar-refractivity contribution in [3.8, 4) is 11.8 Å². The fourth-order valence-corrected chi connectivity index (χ4v) is 3.67. The number of nitrogens with one attached hydrogen (secondary N) is 2. The molecular formula is C24H31FIN5O. The van der Waals surface area contributed by atoms with E-state index in [0.717, 1.165) is 56.1 Å². The second-order valence-corrected chi connectivity index (χ2v) is 7.67. The van der Waals surface area contributed by atoms with Crippen LogP contribution in [0.2, 0.25) is 0 Å². The fourth-order valence-electron chi connectivity index (χ4n) is 3.67. The van der Waals surface area contributed by atoms with Crippen LogP contribution in [0.1, 0.15) is 36.5 Å². The number of ether oxygens (including phenoxy) is 1. The highest BCUT2D eigenvalue weighted by Crippen LogP contribution is 2.20. The van der Waals surface area contributed by atoms with Gasteiger partial charge in [-0.15, -0.1) is 24.0 Å². The van der Waals surface area contributed by atoms with Crippen LogP contribution in [0.25, 0.3) is 0 Å². The molecule has 1 heterocycles. The summed E-state index contributed by atoms with van der Waals surface area (Å²) in [6, 6.07) is 15.2. The Morgan fingerprint density at radius 3 is 2.47 bits per heavy atom. The number of nitriles is 1. The number of methoxy groups -OCH3 is 1. The Kier molecular flexibility index (Phi) is 10.7. The summed E-state index contributed by atoms with van der Waals surface area (Å²) in [6.45, 7) is 6.03. The molecular weight excluding hydrogens is 520 g/mol. The normalized spacial score (nSPS) is 14.9. The lowest BCUT2D eigenvalue weighted by Crippen LogP contribution is -2.48. The third-order valence-electron chi connectivity index (χ3n) is 5.40. The van der Waals surface area contributed by atoms with Gasteiger partial charge in [0.05, 0.1) is 25.3 Å². The zero-order valence-electron chi connectivity index (χ0n) is 18.6. The molecule has 0 aromatic heterocycles. The number of guanidine groups is 1. The van der Waals surface area contributed by atoms with Crippen LogP contribution in [-0.2, 0) is 13.1 Å². The lowest BCUT2D eigenvalue weighted by molar-refractivity contribution is 0.198. The zero-order valence-corrected chi connectivity index (χ0v) is 20.9. The molecule has 2 N–H and O–H groups in total. The molecule has 1 aliphatic heterocycles. The first-order valence-electron chi connectivity index (χ1n) is 10.7. The van der Waals surface area contributed by atoms with Crippen LogP contribution in [0.15, 0.2) is 47.5 Å². The molecule has 0 saturated carbocycles. The highest BCUT2D eigenvalue weighted by molar-refractivity contribution is 14.0. The summed E-state index contributed by atoms with van der Waals surface area (Å²) in [5, 5.41) is 15.8. The Balaban J connectivity index is 0.00000363. The molecule has 172 valence electrons. The summed E-state index contributed by atoms with van der Waals surface area (Å²) in [7, 11) is 1.48. The molecule has 2 aromatic carbocycles. The number of hydrogen-bond acceptors (Lipinski definition) is 4. The molecule has 0 spiro atoms. The Hall–Kier alpha value is -2.38. The van der Waals surface area contributed by atoms with Crippen LogP contribution in [-0.4, -0.2) is 43.6 Å². The topological polar surface area (TPSA) is 72.7 Å². The van der Waals surface area contributed by atoms with E-state index in [1.807, 2.05) is 30.3 Å². The van der Waals surface area contributed by atoms with Crippen LogP contribution >= 0.6 is 24.0 Å². The molecule has 0 bridgehead atoms. The molecule has 0 unspecified atom stereocenters. The largest absolute Gasteiger partial charge is 0.494 e. The van der Waals surface area contributed by atoms with E-state index in [0.29, 0.717) is 18.2 Å². The third kappa shape index (κ3) is 7.64. The Morgan fingerprint density at radius 1 is 1.19 bits per heavy atom. The average Bonchev–Trinajstić information content (AvgIpc) is 2.79. The lowest BCUT2D eigenvalue weighted by atomic mass is 10.0. The van der Waals surface area contributed by atoms with Crippen molar-refractivity contribution in [2.24, 2.45) is 4.99 Å². The molecule has 0 aliphatic carbocycles. The monoisotopic (exact) mass is 551 g/mol. The minimum atomic E-state index is -0.315. The van der Waals surface area contributed by atoms with E-state index < -0.39 is 0 Å². The molecule has 0 radical (unpaired) electrons. The van der Waals surface area contributed by atoms with Gasteiger partial charge in [0.15, 0.2) is 17.5 Å². The molecule has 1 aliphatic rings. The van der Waals surface area contributed by atoms with Crippen LogP contribution in [0.4, 0.5) is 4.39 Å². The van der Waals surface area contributed by atoms with Crippen molar-refractivity contribution in [3.05, 3.63) is 65.0 Å². The highest BCUT2D eigenvalue weighted by Gasteiger charge is 2.20. The first-order valence-corrected chi connectivity index (χ1v) is 10.7. The molecule has 6 nitrogen and oxygen atoms in total.